The van der Waals surface area contributed by atoms with Crippen LogP contribution in [0.2, 0.25) is 0 Å². The first-order valence-electron chi connectivity index (χ1n) is 13.4. The Hall–Kier alpha value is -2.14. The van der Waals surface area contributed by atoms with Crippen LogP contribution in [0.5, 0.6) is 0 Å². The fraction of sp³-hybridized carbons (Fsp3) is 0.600. The van der Waals surface area contributed by atoms with E-state index in [0.717, 1.165) is 30.1 Å². The molecular weight excluding hydrogens is 452 g/mol. The van der Waals surface area contributed by atoms with Gasteiger partial charge in [0.05, 0.1) is 10.6 Å². The van der Waals surface area contributed by atoms with Gasteiger partial charge in [-0.15, -0.1) is 0 Å². The molecule has 5 heteroatoms. The van der Waals surface area contributed by atoms with E-state index in [0.29, 0.717) is 17.8 Å². The maximum atomic E-state index is 11.8. The quantitative estimate of drug-likeness (QED) is 0.450. The number of nitrogens with one attached hydrogen (secondary N) is 1. The number of carbonyl (C=O) groups is 1. The van der Waals surface area contributed by atoms with E-state index >= 15 is 0 Å². The number of nitrogens with zero attached hydrogens (tertiary/aromatic N) is 1. The average Bonchev–Trinajstić information content (AvgIpc) is 3.35. The standard InChI is InChI=1S/C30H38N2O2S/c1-17-6-10-24(18(2)16-17)31-28-32-25-13-15-29(4)22-12-14-30(5)21(9-11-26(30)34-19(3)33)20(22)7-8-23(29)27(25)35-28/h6,8,10,16,20-22,26H,7,9,11-15H2,1-5H3,(H,31,32)/t20-,21-,22-,26-,29+,30-/m0/s1. The van der Waals surface area contributed by atoms with Crippen molar-refractivity contribution in [2.24, 2.45) is 28.6 Å². The van der Waals surface area contributed by atoms with Crippen LogP contribution in [0.3, 0.4) is 0 Å². The Labute approximate surface area is 213 Å². The minimum atomic E-state index is -0.118. The first-order chi connectivity index (χ1) is 16.7. The lowest BCUT2D eigenvalue weighted by Gasteiger charge is -2.56. The molecule has 6 rings (SSSR count). The lowest BCUT2D eigenvalue weighted by atomic mass is 9.48. The van der Waals surface area contributed by atoms with Crippen LogP contribution in [0.15, 0.2) is 24.3 Å². The van der Waals surface area contributed by atoms with E-state index in [1.807, 2.05) is 11.3 Å². The Morgan fingerprint density at radius 1 is 1.14 bits per heavy atom. The number of thiazole rings is 1. The topological polar surface area (TPSA) is 51.2 Å². The second kappa shape index (κ2) is 8.19. The Kier molecular flexibility index (Phi) is 5.45. The maximum Gasteiger partial charge on any atom is 0.302 e. The fourth-order valence-corrected chi connectivity index (χ4v) is 9.55. The predicted octanol–water partition coefficient (Wildman–Crippen LogP) is 7.62. The number of rotatable bonds is 3. The number of anilines is 2. The van der Waals surface area contributed by atoms with E-state index in [1.165, 1.54) is 47.4 Å². The van der Waals surface area contributed by atoms with Crippen LogP contribution in [-0.4, -0.2) is 17.1 Å². The molecule has 1 aromatic carbocycles. The van der Waals surface area contributed by atoms with Gasteiger partial charge in [0.2, 0.25) is 0 Å². The molecule has 2 saturated carbocycles. The molecule has 0 saturated heterocycles. The van der Waals surface area contributed by atoms with Crippen molar-refractivity contribution < 1.29 is 9.53 Å². The highest BCUT2D eigenvalue weighted by molar-refractivity contribution is 7.16. The molecule has 6 atom stereocenters. The molecule has 0 spiro atoms. The van der Waals surface area contributed by atoms with Crippen molar-refractivity contribution in [1.29, 1.82) is 0 Å². The molecular formula is C30H38N2O2S. The van der Waals surface area contributed by atoms with Crippen LogP contribution in [0.4, 0.5) is 10.8 Å². The second-order valence-electron chi connectivity index (χ2n) is 12.1. The molecule has 35 heavy (non-hydrogen) atoms. The van der Waals surface area contributed by atoms with Gasteiger partial charge in [0.1, 0.15) is 6.10 Å². The minimum absolute atomic E-state index is 0.0995. The summed E-state index contributed by atoms with van der Waals surface area (Å²) in [6, 6.07) is 6.56. The highest BCUT2D eigenvalue weighted by Crippen LogP contribution is 2.66. The van der Waals surface area contributed by atoms with Gasteiger partial charge in [-0.2, -0.15) is 0 Å². The number of aryl methyl sites for hydroxylation is 3. The molecule has 0 unspecified atom stereocenters. The van der Waals surface area contributed by atoms with Crippen LogP contribution in [-0.2, 0) is 16.0 Å². The van der Waals surface area contributed by atoms with E-state index < -0.39 is 0 Å². The van der Waals surface area contributed by atoms with Crippen molar-refractivity contribution in [2.45, 2.75) is 85.7 Å². The van der Waals surface area contributed by atoms with Gasteiger partial charge in [0, 0.05) is 18.0 Å². The Morgan fingerprint density at radius 3 is 2.74 bits per heavy atom. The summed E-state index contributed by atoms with van der Waals surface area (Å²) in [5.41, 5.74) is 6.90. The first-order valence-corrected chi connectivity index (χ1v) is 14.2. The molecule has 4 aliphatic rings. The zero-order chi connectivity index (χ0) is 24.5. The number of hydrogen-bond acceptors (Lipinski definition) is 5. The summed E-state index contributed by atoms with van der Waals surface area (Å²) >= 11 is 1.84. The molecule has 2 fully saturated rings. The third-order valence-electron chi connectivity index (χ3n) is 10.1. The van der Waals surface area contributed by atoms with Gasteiger partial charge in [-0.25, -0.2) is 4.98 Å². The highest BCUT2D eigenvalue weighted by Gasteiger charge is 2.59. The minimum Gasteiger partial charge on any atom is -0.462 e. The van der Waals surface area contributed by atoms with Gasteiger partial charge in [0.15, 0.2) is 5.13 Å². The zero-order valence-electron chi connectivity index (χ0n) is 21.7. The molecule has 0 bridgehead atoms. The van der Waals surface area contributed by atoms with Gasteiger partial charge in [0.25, 0.3) is 0 Å². The Morgan fingerprint density at radius 2 is 1.97 bits per heavy atom. The van der Waals surface area contributed by atoms with Crippen LogP contribution in [0.25, 0.3) is 5.57 Å². The monoisotopic (exact) mass is 490 g/mol. The summed E-state index contributed by atoms with van der Waals surface area (Å²) in [6.45, 7) is 10.8. The highest BCUT2D eigenvalue weighted by atomic mass is 32.1. The van der Waals surface area contributed by atoms with Crippen molar-refractivity contribution in [3.63, 3.8) is 0 Å². The van der Waals surface area contributed by atoms with Crippen LogP contribution < -0.4 is 5.32 Å². The first kappa shape index (κ1) is 23.3. The normalized spacial score (nSPS) is 35.3. The van der Waals surface area contributed by atoms with Crippen LogP contribution in [0.1, 0.15) is 81.0 Å². The number of esters is 1. The number of carbonyl (C=O) groups excluding carboxylic acids is 1. The number of fused-ring (bicyclic) bond motifs is 7. The number of hydrogen-bond donors (Lipinski definition) is 1. The van der Waals surface area contributed by atoms with Crippen LogP contribution >= 0.6 is 11.3 Å². The molecule has 1 heterocycles. The fourth-order valence-electron chi connectivity index (χ4n) is 8.34. The van der Waals surface area contributed by atoms with Gasteiger partial charge in [-0.3, -0.25) is 4.79 Å². The number of ether oxygens (including phenoxy) is 1. The molecule has 0 aliphatic heterocycles. The summed E-state index contributed by atoms with van der Waals surface area (Å²) in [6.07, 6.45) is 10.7. The molecule has 1 N–H and O–H groups in total. The lowest BCUT2D eigenvalue weighted by molar-refractivity contribution is -0.156. The summed E-state index contributed by atoms with van der Waals surface area (Å²) in [4.78, 5) is 18.2. The van der Waals surface area contributed by atoms with Gasteiger partial charge < -0.3 is 10.1 Å². The summed E-state index contributed by atoms with van der Waals surface area (Å²) in [5, 5.41) is 4.63. The summed E-state index contributed by atoms with van der Waals surface area (Å²) in [5.74, 6) is 1.95. The molecule has 186 valence electrons. The van der Waals surface area contributed by atoms with E-state index in [4.69, 9.17) is 9.72 Å². The molecule has 0 radical (unpaired) electrons. The van der Waals surface area contributed by atoms with Crippen LogP contribution in [0, 0.1) is 42.4 Å². The molecule has 2 aromatic rings. The van der Waals surface area contributed by atoms with Gasteiger partial charge in [-0.1, -0.05) is 49.0 Å². The maximum absolute atomic E-state index is 11.8. The third-order valence-corrected chi connectivity index (χ3v) is 11.2. The Bertz CT molecular complexity index is 1210. The molecule has 0 amide bonds. The number of aromatic nitrogens is 1. The van der Waals surface area contributed by atoms with E-state index in [-0.39, 0.29) is 22.9 Å². The number of benzene rings is 1. The van der Waals surface area contributed by atoms with Crippen molar-refractivity contribution in [3.05, 3.63) is 46.0 Å². The third kappa shape index (κ3) is 3.60. The summed E-state index contributed by atoms with van der Waals surface area (Å²) in [7, 11) is 0. The Balaban J connectivity index is 1.29. The largest absolute Gasteiger partial charge is 0.462 e. The van der Waals surface area contributed by atoms with Gasteiger partial charge >= 0.3 is 5.97 Å². The SMILES string of the molecule is CC(=O)O[C@H]1CC[C@H]2[C@@H]3CC=C4c5sc(Nc6ccc(C)cc6C)nc5CC[C@]4(C)[C@H]3CC[C@]12C. The van der Waals surface area contributed by atoms with Gasteiger partial charge in [-0.05, 0) is 99.2 Å². The smallest absolute Gasteiger partial charge is 0.302 e. The lowest BCUT2D eigenvalue weighted by Crippen LogP contribution is -2.50. The van der Waals surface area contributed by atoms with Crippen molar-refractivity contribution in [2.75, 3.05) is 5.32 Å². The average molecular weight is 491 g/mol. The van der Waals surface area contributed by atoms with Crippen molar-refractivity contribution in [3.8, 4) is 0 Å². The summed E-state index contributed by atoms with van der Waals surface area (Å²) < 4.78 is 5.84. The van der Waals surface area contributed by atoms with E-state index in [2.05, 4.69) is 57.3 Å². The zero-order valence-corrected chi connectivity index (χ0v) is 22.6. The van der Waals surface area contributed by atoms with Crippen molar-refractivity contribution in [1.82, 2.24) is 4.98 Å². The second-order valence-corrected chi connectivity index (χ2v) is 13.1. The molecule has 4 nitrogen and oxygen atoms in total. The molecule has 4 aliphatic carbocycles. The molecule has 1 aromatic heterocycles. The van der Waals surface area contributed by atoms with Crippen molar-refractivity contribution >= 4 is 33.7 Å². The number of allylic oxidation sites excluding steroid dienone is 2. The van der Waals surface area contributed by atoms with E-state index in [9.17, 15) is 4.79 Å². The van der Waals surface area contributed by atoms with E-state index in [1.54, 1.807) is 12.5 Å². The predicted molar refractivity (Wildman–Crippen MR) is 143 cm³/mol.